The minimum absolute atomic E-state index is 0.173. The van der Waals surface area contributed by atoms with Gasteiger partial charge in [0.05, 0.1) is 0 Å². The van der Waals surface area contributed by atoms with Crippen molar-refractivity contribution in [1.29, 1.82) is 0 Å². The summed E-state index contributed by atoms with van der Waals surface area (Å²) in [6.45, 7) is 1.70. The number of halogens is 3. The molecular weight excluding hydrogens is 471 g/mol. The fourth-order valence-corrected chi connectivity index (χ4v) is 5.26. The van der Waals surface area contributed by atoms with Gasteiger partial charge in [-0.15, -0.1) is 13.2 Å². The van der Waals surface area contributed by atoms with Gasteiger partial charge < -0.3 is 20.7 Å². The average molecular weight is 500 g/mol. The maximum atomic E-state index is 12.7. The number of alkyl halides is 3. The fraction of sp³-hybridized carbons (Fsp3) is 0.440. The highest BCUT2D eigenvalue weighted by atomic mass is 19.4. The number of hydrogen-bond acceptors (Lipinski definition) is 8. The lowest BCUT2D eigenvalue weighted by Gasteiger charge is -2.46. The molecule has 0 amide bonds. The van der Waals surface area contributed by atoms with E-state index in [0.717, 1.165) is 56.2 Å². The monoisotopic (exact) mass is 499 g/mol. The van der Waals surface area contributed by atoms with Crippen LogP contribution in [0.15, 0.2) is 48.9 Å². The van der Waals surface area contributed by atoms with E-state index in [9.17, 15) is 13.2 Å². The molecule has 8 nitrogen and oxygen atoms in total. The molecule has 1 unspecified atom stereocenters. The molecule has 1 saturated heterocycles. The molecule has 1 saturated carbocycles. The van der Waals surface area contributed by atoms with Crippen LogP contribution in [0.4, 0.5) is 30.6 Å². The van der Waals surface area contributed by atoms with Crippen molar-refractivity contribution < 1.29 is 17.9 Å². The maximum absolute atomic E-state index is 12.7. The zero-order valence-corrected chi connectivity index (χ0v) is 19.7. The van der Waals surface area contributed by atoms with Gasteiger partial charge >= 0.3 is 6.36 Å². The van der Waals surface area contributed by atoms with Crippen LogP contribution in [0.2, 0.25) is 0 Å². The van der Waals surface area contributed by atoms with Crippen LogP contribution in [0.3, 0.4) is 0 Å². The Morgan fingerprint density at radius 2 is 1.89 bits per heavy atom. The van der Waals surface area contributed by atoms with Crippen LogP contribution in [0, 0.1) is 5.41 Å². The van der Waals surface area contributed by atoms with Crippen molar-refractivity contribution >= 4 is 17.5 Å². The van der Waals surface area contributed by atoms with Crippen LogP contribution >= 0.6 is 0 Å². The maximum Gasteiger partial charge on any atom is 0.573 e. The summed E-state index contributed by atoms with van der Waals surface area (Å²) < 4.78 is 42.0. The van der Waals surface area contributed by atoms with Crippen LogP contribution in [-0.4, -0.2) is 45.4 Å². The van der Waals surface area contributed by atoms with Gasteiger partial charge in [-0.3, -0.25) is 4.98 Å². The van der Waals surface area contributed by atoms with Gasteiger partial charge in [0.15, 0.2) is 5.82 Å². The number of aromatic nitrogens is 4. The first-order chi connectivity index (χ1) is 17.3. The molecule has 11 heteroatoms. The Balaban J connectivity index is 1.40. The van der Waals surface area contributed by atoms with Crippen molar-refractivity contribution in [3.05, 3.63) is 48.9 Å². The molecule has 3 N–H and O–H groups in total. The van der Waals surface area contributed by atoms with Crippen molar-refractivity contribution in [2.24, 2.45) is 11.1 Å². The zero-order chi connectivity index (χ0) is 25.2. The van der Waals surface area contributed by atoms with Gasteiger partial charge in [-0.1, -0.05) is 6.42 Å². The first kappa shape index (κ1) is 24.2. The Kier molecular flexibility index (Phi) is 6.65. The molecule has 4 heterocycles. The van der Waals surface area contributed by atoms with E-state index in [0.29, 0.717) is 17.1 Å². The second kappa shape index (κ2) is 9.88. The molecule has 1 aliphatic carbocycles. The van der Waals surface area contributed by atoms with Crippen molar-refractivity contribution in [2.75, 3.05) is 23.3 Å². The van der Waals surface area contributed by atoms with E-state index in [4.69, 9.17) is 10.7 Å². The van der Waals surface area contributed by atoms with E-state index in [1.54, 1.807) is 24.5 Å². The summed E-state index contributed by atoms with van der Waals surface area (Å²) in [5, 5.41) is 3.01. The minimum atomic E-state index is -4.79. The smallest absolute Gasteiger partial charge is 0.406 e. The quantitative estimate of drug-likeness (QED) is 0.502. The third kappa shape index (κ3) is 5.84. The number of nitrogens with one attached hydrogen (secondary N) is 1. The molecule has 0 bridgehead atoms. The Morgan fingerprint density at radius 1 is 1.06 bits per heavy atom. The molecular formula is C25H28F3N7O. The van der Waals surface area contributed by atoms with Gasteiger partial charge in [0.1, 0.15) is 23.2 Å². The SMILES string of the molecule is NC1CCCC2(CCN(c3cc(Nc4cc(OC(F)(F)F)ccn4)nc(-c4cccnc4)n3)CC2)C1. The number of ether oxygens (including phenoxy) is 1. The standard InChI is InChI=1S/C25H28F3N7O/c26-25(27,28)36-19-5-10-31-20(13-19)32-21-14-22(34-23(33-21)17-3-2-9-30-16-17)35-11-7-24(8-12-35)6-1-4-18(29)15-24/h2-3,5,9-10,13-14,16,18H,1,4,6-8,11-12,15,29H2,(H,31,32,33,34). The van der Waals surface area contributed by atoms with Crippen LogP contribution in [0.25, 0.3) is 11.4 Å². The van der Waals surface area contributed by atoms with Crippen LogP contribution in [0.1, 0.15) is 38.5 Å². The predicted molar refractivity (Wildman–Crippen MR) is 130 cm³/mol. The molecule has 2 aliphatic rings. The van der Waals surface area contributed by atoms with Crippen LogP contribution in [-0.2, 0) is 0 Å². The average Bonchev–Trinajstić information content (AvgIpc) is 2.84. The molecule has 5 rings (SSSR count). The number of nitrogens with two attached hydrogens (primary N) is 1. The fourth-order valence-electron chi connectivity index (χ4n) is 5.26. The van der Waals surface area contributed by atoms with Crippen molar-refractivity contribution in [1.82, 2.24) is 19.9 Å². The van der Waals surface area contributed by atoms with Crippen molar-refractivity contribution in [3.8, 4) is 17.1 Å². The lowest BCUT2D eigenvalue weighted by molar-refractivity contribution is -0.274. The van der Waals surface area contributed by atoms with Gasteiger partial charge in [-0.2, -0.15) is 0 Å². The Bertz CT molecular complexity index is 1180. The first-order valence-corrected chi connectivity index (χ1v) is 12.1. The Labute approximate surface area is 207 Å². The van der Waals surface area contributed by atoms with E-state index < -0.39 is 6.36 Å². The molecule has 3 aromatic rings. The van der Waals surface area contributed by atoms with Gasteiger partial charge in [0, 0.05) is 55.4 Å². The Hall–Kier alpha value is -3.47. The number of nitrogens with zero attached hydrogens (tertiary/aromatic N) is 5. The van der Waals surface area contributed by atoms with Gasteiger partial charge in [0.25, 0.3) is 0 Å². The molecule has 3 aromatic heterocycles. The number of rotatable bonds is 5. The van der Waals surface area contributed by atoms with E-state index in [1.165, 1.54) is 25.1 Å². The highest BCUT2D eigenvalue weighted by Gasteiger charge is 2.38. The molecule has 1 aliphatic heterocycles. The number of hydrogen-bond donors (Lipinski definition) is 2. The third-order valence-electron chi connectivity index (χ3n) is 6.98. The zero-order valence-electron chi connectivity index (χ0n) is 19.7. The molecule has 0 aromatic carbocycles. The first-order valence-electron chi connectivity index (χ1n) is 12.1. The minimum Gasteiger partial charge on any atom is -0.406 e. The summed E-state index contributed by atoms with van der Waals surface area (Å²) >= 11 is 0. The molecule has 1 atom stereocenters. The number of piperidine rings is 1. The van der Waals surface area contributed by atoms with Gasteiger partial charge in [-0.25, -0.2) is 15.0 Å². The number of pyridine rings is 2. The van der Waals surface area contributed by atoms with E-state index in [-0.39, 0.29) is 17.6 Å². The highest BCUT2D eigenvalue weighted by molar-refractivity contribution is 5.64. The Morgan fingerprint density at radius 3 is 2.61 bits per heavy atom. The summed E-state index contributed by atoms with van der Waals surface area (Å²) in [5.74, 6) is 1.42. The van der Waals surface area contributed by atoms with Gasteiger partial charge in [0.2, 0.25) is 0 Å². The molecule has 190 valence electrons. The van der Waals surface area contributed by atoms with E-state index >= 15 is 0 Å². The van der Waals surface area contributed by atoms with Crippen molar-refractivity contribution in [2.45, 2.75) is 50.9 Å². The summed E-state index contributed by atoms with van der Waals surface area (Å²) in [5.41, 5.74) is 7.32. The molecule has 2 fully saturated rings. The lowest BCUT2D eigenvalue weighted by atomic mass is 9.67. The summed E-state index contributed by atoms with van der Waals surface area (Å²) in [4.78, 5) is 19.9. The van der Waals surface area contributed by atoms with Crippen molar-refractivity contribution in [3.63, 3.8) is 0 Å². The highest BCUT2D eigenvalue weighted by Crippen LogP contribution is 2.45. The second-order valence-electron chi connectivity index (χ2n) is 9.57. The molecule has 1 spiro atoms. The molecule has 36 heavy (non-hydrogen) atoms. The largest absolute Gasteiger partial charge is 0.573 e. The van der Waals surface area contributed by atoms with Crippen LogP contribution in [0.5, 0.6) is 5.75 Å². The normalized spacial score (nSPS) is 19.8. The lowest BCUT2D eigenvalue weighted by Crippen LogP contribution is -2.45. The predicted octanol–water partition coefficient (Wildman–Crippen LogP) is 5.06. The van der Waals surface area contributed by atoms with E-state index in [2.05, 4.69) is 29.9 Å². The van der Waals surface area contributed by atoms with Gasteiger partial charge in [-0.05, 0) is 55.7 Å². The number of anilines is 3. The van der Waals surface area contributed by atoms with E-state index in [1.807, 2.05) is 6.07 Å². The molecule has 0 radical (unpaired) electrons. The third-order valence-corrected chi connectivity index (χ3v) is 6.98. The summed E-state index contributed by atoms with van der Waals surface area (Å²) in [6.07, 6.45) is 6.46. The summed E-state index contributed by atoms with van der Waals surface area (Å²) in [7, 11) is 0. The second-order valence-corrected chi connectivity index (χ2v) is 9.57. The topological polar surface area (TPSA) is 102 Å². The summed E-state index contributed by atoms with van der Waals surface area (Å²) in [6, 6.07) is 8.06. The van der Waals surface area contributed by atoms with Crippen LogP contribution < -0.4 is 20.7 Å².